The second-order valence-corrected chi connectivity index (χ2v) is 11.7. The van der Waals surface area contributed by atoms with Gasteiger partial charge in [0.15, 0.2) is 0 Å². The van der Waals surface area contributed by atoms with E-state index in [1.165, 1.54) is 56.4 Å². The van der Waals surface area contributed by atoms with Crippen LogP contribution in [0.2, 0.25) is 0 Å². The van der Waals surface area contributed by atoms with E-state index >= 15 is 0 Å². The van der Waals surface area contributed by atoms with Gasteiger partial charge in [-0.25, -0.2) is 5.06 Å². The van der Waals surface area contributed by atoms with Crippen molar-refractivity contribution < 1.29 is 9.63 Å². The first-order valence-electron chi connectivity index (χ1n) is 11.4. The van der Waals surface area contributed by atoms with Crippen LogP contribution in [0.25, 0.3) is 0 Å². The molecule has 0 aromatic rings. The average Bonchev–Trinajstić information content (AvgIpc) is 2.98. The van der Waals surface area contributed by atoms with Crippen LogP contribution in [0.15, 0.2) is 0 Å². The van der Waals surface area contributed by atoms with Crippen molar-refractivity contribution in [3.63, 3.8) is 0 Å². The predicted octanol–water partition coefficient (Wildman–Crippen LogP) is 5.69. The summed E-state index contributed by atoms with van der Waals surface area (Å²) in [6, 6.07) is 0. The molecule has 0 N–H and O–H groups in total. The van der Waals surface area contributed by atoms with E-state index in [0.717, 1.165) is 30.1 Å². The Morgan fingerprint density at radius 1 is 0.889 bits per heavy atom. The van der Waals surface area contributed by atoms with E-state index in [1.54, 1.807) is 14.2 Å². The summed E-state index contributed by atoms with van der Waals surface area (Å²) in [6.07, 6.45) is 11.9. The molecule has 7 atom stereocenters. The maximum Gasteiger partial charge on any atom is 0.249 e. The van der Waals surface area contributed by atoms with Gasteiger partial charge in [-0.1, -0.05) is 27.7 Å². The molecule has 4 rings (SSSR count). The lowest BCUT2D eigenvalue weighted by Crippen LogP contribution is -2.55. The van der Waals surface area contributed by atoms with Gasteiger partial charge in [0.1, 0.15) is 0 Å². The van der Waals surface area contributed by atoms with E-state index in [2.05, 4.69) is 27.7 Å². The van der Waals surface area contributed by atoms with E-state index in [0.29, 0.717) is 10.8 Å². The summed E-state index contributed by atoms with van der Waals surface area (Å²) in [5, 5.41) is 1.48. The van der Waals surface area contributed by atoms with Crippen LogP contribution in [0.3, 0.4) is 0 Å². The van der Waals surface area contributed by atoms with Crippen LogP contribution >= 0.6 is 0 Å². The molecule has 1 amide bonds. The van der Waals surface area contributed by atoms with Gasteiger partial charge in [0.05, 0.1) is 7.11 Å². The largest absolute Gasteiger partial charge is 0.275 e. The van der Waals surface area contributed by atoms with Gasteiger partial charge < -0.3 is 0 Å². The highest BCUT2D eigenvalue weighted by atomic mass is 16.7. The fraction of sp³-hybridized carbons (Fsp3) is 0.958. The van der Waals surface area contributed by atoms with Gasteiger partial charge in [-0.05, 0) is 97.7 Å². The molecule has 154 valence electrons. The number of amides is 1. The van der Waals surface area contributed by atoms with Crippen molar-refractivity contribution in [3.8, 4) is 0 Å². The molecular formula is C24H41NO2. The maximum absolute atomic E-state index is 13.0. The van der Waals surface area contributed by atoms with Crippen LogP contribution in [-0.2, 0) is 9.63 Å². The molecule has 0 radical (unpaired) electrons. The van der Waals surface area contributed by atoms with Crippen LogP contribution in [0.4, 0.5) is 0 Å². The third kappa shape index (κ3) is 2.90. The minimum absolute atomic E-state index is 0.157. The zero-order valence-electron chi connectivity index (χ0n) is 18.5. The Kier molecular flexibility index (Phi) is 4.73. The second-order valence-electron chi connectivity index (χ2n) is 11.7. The van der Waals surface area contributed by atoms with Crippen molar-refractivity contribution in [1.82, 2.24) is 5.06 Å². The molecule has 0 saturated heterocycles. The normalized spacial score (nSPS) is 48.3. The number of hydroxylamine groups is 2. The van der Waals surface area contributed by atoms with Gasteiger partial charge >= 0.3 is 0 Å². The lowest BCUT2D eigenvalue weighted by Gasteiger charge is -2.62. The van der Waals surface area contributed by atoms with Crippen molar-refractivity contribution in [2.75, 3.05) is 14.2 Å². The SMILES string of the molecule is CON(C)C(=O)[C@H]1CC[C@H]2[C@@H]3CC[C@@H]4CC(C)(C)CC[C@]4(C)[C@H]3CC[C@]12C. The monoisotopic (exact) mass is 375 g/mol. The molecule has 4 fully saturated rings. The summed E-state index contributed by atoms with van der Waals surface area (Å²) in [4.78, 5) is 18.2. The number of carbonyl (C=O) groups excluding carboxylic acids is 1. The van der Waals surface area contributed by atoms with Crippen molar-refractivity contribution in [2.45, 2.75) is 85.5 Å². The zero-order valence-corrected chi connectivity index (χ0v) is 18.5. The van der Waals surface area contributed by atoms with Crippen LogP contribution in [0.1, 0.15) is 85.5 Å². The molecule has 0 heterocycles. The Labute approximate surface area is 166 Å². The third-order valence-corrected chi connectivity index (χ3v) is 10.1. The van der Waals surface area contributed by atoms with E-state index < -0.39 is 0 Å². The smallest absolute Gasteiger partial charge is 0.249 e. The van der Waals surface area contributed by atoms with Crippen molar-refractivity contribution >= 4 is 5.91 Å². The molecule has 3 nitrogen and oxygen atoms in total. The first-order chi connectivity index (χ1) is 12.6. The Morgan fingerprint density at radius 2 is 1.59 bits per heavy atom. The Bertz CT molecular complexity index is 601. The van der Waals surface area contributed by atoms with Crippen LogP contribution < -0.4 is 0 Å². The molecule has 0 aliphatic heterocycles. The van der Waals surface area contributed by atoms with E-state index in [1.807, 2.05) is 0 Å². The Morgan fingerprint density at radius 3 is 2.30 bits per heavy atom. The lowest BCUT2D eigenvalue weighted by molar-refractivity contribution is -0.181. The standard InChI is InChI=1S/C24H41NO2/c1-22(2)13-14-23(3)16(15-22)7-8-17-18-9-10-20(21(26)25(5)27-6)24(18,4)12-11-19(17)23/h16-20H,7-15H2,1-6H3/t16-,17+,18+,19+,20-,23+,24+/m1/s1. The van der Waals surface area contributed by atoms with Gasteiger partial charge in [0.25, 0.3) is 0 Å². The molecular weight excluding hydrogens is 334 g/mol. The fourth-order valence-corrected chi connectivity index (χ4v) is 8.35. The Hall–Kier alpha value is -0.570. The Balaban J connectivity index is 1.57. The number of rotatable bonds is 2. The third-order valence-electron chi connectivity index (χ3n) is 10.1. The number of carbonyl (C=O) groups is 1. The molecule has 27 heavy (non-hydrogen) atoms. The molecule has 0 spiro atoms. The zero-order chi connectivity index (χ0) is 19.6. The van der Waals surface area contributed by atoms with Crippen LogP contribution in [0.5, 0.6) is 0 Å². The van der Waals surface area contributed by atoms with Crippen LogP contribution in [-0.4, -0.2) is 25.1 Å². The lowest BCUT2D eigenvalue weighted by atomic mass is 9.43. The van der Waals surface area contributed by atoms with Gasteiger partial charge in [0.2, 0.25) is 5.91 Å². The summed E-state index contributed by atoms with van der Waals surface area (Å²) in [7, 11) is 3.39. The molecule has 0 aromatic carbocycles. The number of nitrogens with zero attached hydrogens (tertiary/aromatic N) is 1. The van der Waals surface area contributed by atoms with Gasteiger partial charge in [-0.2, -0.15) is 0 Å². The quantitative estimate of drug-likeness (QED) is 0.580. The fourth-order valence-electron chi connectivity index (χ4n) is 8.35. The summed E-state index contributed by atoms with van der Waals surface area (Å²) in [5.74, 6) is 3.76. The first-order valence-corrected chi connectivity index (χ1v) is 11.4. The summed E-state index contributed by atoms with van der Waals surface area (Å²) in [6.45, 7) is 10.0. The van der Waals surface area contributed by atoms with E-state index in [4.69, 9.17) is 4.84 Å². The highest BCUT2D eigenvalue weighted by molar-refractivity contribution is 5.79. The number of hydrogen-bond donors (Lipinski definition) is 0. The molecule has 4 saturated carbocycles. The number of fused-ring (bicyclic) bond motifs is 5. The van der Waals surface area contributed by atoms with Gasteiger partial charge in [0, 0.05) is 13.0 Å². The molecule has 3 heteroatoms. The van der Waals surface area contributed by atoms with E-state index in [9.17, 15) is 4.79 Å². The molecule has 0 unspecified atom stereocenters. The van der Waals surface area contributed by atoms with E-state index in [-0.39, 0.29) is 17.2 Å². The maximum atomic E-state index is 13.0. The van der Waals surface area contributed by atoms with Crippen LogP contribution in [0, 0.1) is 45.8 Å². The van der Waals surface area contributed by atoms with Crippen molar-refractivity contribution in [2.24, 2.45) is 45.8 Å². The van der Waals surface area contributed by atoms with Gasteiger partial charge in [-0.3, -0.25) is 9.63 Å². The average molecular weight is 376 g/mol. The minimum Gasteiger partial charge on any atom is -0.275 e. The van der Waals surface area contributed by atoms with Crippen molar-refractivity contribution in [1.29, 1.82) is 0 Å². The summed E-state index contributed by atoms with van der Waals surface area (Å²) >= 11 is 0. The first kappa shape index (κ1) is 19.7. The molecule has 4 aliphatic carbocycles. The van der Waals surface area contributed by atoms with Crippen molar-refractivity contribution in [3.05, 3.63) is 0 Å². The molecule has 0 aromatic heterocycles. The summed E-state index contributed by atoms with van der Waals surface area (Å²) < 4.78 is 0. The minimum atomic E-state index is 0.157. The predicted molar refractivity (Wildman–Crippen MR) is 109 cm³/mol. The highest BCUT2D eigenvalue weighted by Gasteiger charge is 2.61. The van der Waals surface area contributed by atoms with Gasteiger partial charge in [-0.15, -0.1) is 0 Å². The topological polar surface area (TPSA) is 29.5 Å². The molecule has 4 aliphatic rings. The molecule has 0 bridgehead atoms. The summed E-state index contributed by atoms with van der Waals surface area (Å²) in [5.41, 5.74) is 1.27. The highest BCUT2D eigenvalue weighted by Crippen LogP contribution is 2.68. The second kappa shape index (κ2) is 6.47. The number of hydrogen-bond acceptors (Lipinski definition) is 2.